The molecule has 3 aliphatic carbocycles. The maximum absolute atomic E-state index is 14.3. The van der Waals surface area contributed by atoms with Crippen LogP contribution in [0.25, 0.3) is 0 Å². The molecule has 2 bridgehead atoms. The zero-order chi connectivity index (χ0) is 28.7. The van der Waals surface area contributed by atoms with Gasteiger partial charge < -0.3 is 5.32 Å². The third kappa shape index (κ3) is 3.29. The lowest BCUT2D eigenvalue weighted by Gasteiger charge is -2.54. The summed E-state index contributed by atoms with van der Waals surface area (Å²) in [5.74, 6) is -4.31. The maximum atomic E-state index is 14.3. The highest BCUT2D eigenvalue weighted by Crippen LogP contribution is 2.69. The third-order valence-electron chi connectivity index (χ3n) is 8.47. The first-order valence-corrected chi connectivity index (χ1v) is 13.7. The summed E-state index contributed by atoms with van der Waals surface area (Å²) >= 11 is 15.0. The number of nitro groups is 1. The molecule has 0 saturated carbocycles. The van der Waals surface area contributed by atoms with Gasteiger partial charge in [-0.1, -0.05) is 68.4 Å². The molecule has 0 spiro atoms. The molecule has 0 unspecified atom stereocenters. The highest BCUT2D eigenvalue weighted by atomic mass is 35.5. The second-order valence-electron chi connectivity index (χ2n) is 11.0. The minimum Gasteiger partial charge on any atom is -0.324 e. The second kappa shape index (κ2) is 8.88. The number of rotatable bonds is 5. The molecule has 3 aromatic carbocycles. The van der Waals surface area contributed by atoms with Crippen LogP contribution in [-0.2, 0) is 24.1 Å². The van der Waals surface area contributed by atoms with Crippen molar-refractivity contribution in [3.8, 4) is 0 Å². The van der Waals surface area contributed by atoms with Crippen LogP contribution in [-0.4, -0.2) is 33.6 Å². The number of anilines is 1. The zero-order valence-electron chi connectivity index (χ0n) is 21.9. The Balaban J connectivity index is 1.45. The number of imide groups is 1. The van der Waals surface area contributed by atoms with Crippen LogP contribution in [0.15, 0.2) is 66.7 Å². The molecule has 0 radical (unpaired) electrons. The summed E-state index contributed by atoms with van der Waals surface area (Å²) in [6.45, 7) is 5.06. The average Bonchev–Trinajstić information content (AvgIpc) is 3.19. The van der Waals surface area contributed by atoms with Crippen molar-refractivity contribution >= 4 is 52.3 Å². The highest BCUT2D eigenvalue weighted by molar-refractivity contribution is 6.36. The van der Waals surface area contributed by atoms with E-state index in [0.717, 1.165) is 4.90 Å². The molecule has 1 saturated heterocycles. The van der Waals surface area contributed by atoms with Crippen molar-refractivity contribution in [1.82, 2.24) is 4.90 Å². The van der Waals surface area contributed by atoms with Gasteiger partial charge in [0.15, 0.2) is 0 Å². The van der Waals surface area contributed by atoms with E-state index in [1.165, 1.54) is 12.1 Å². The van der Waals surface area contributed by atoms with E-state index in [1.54, 1.807) is 26.8 Å². The Morgan fingerprint density at radius 3 is 1.75 bits per heavy atom. The second-order valence-corrected chi connectivity index (χ2v) is 12.1. The van der Waals surface area contributed by atoms with E-state index >= 15 is 0 Å². The van der Waals surface area contributed by atoms with Crippen LogP contribution in [0, 0.1) is 34.8 Å². The van der Waals surface area contributed by atoms with Crippen molar-refractivity contribution in [2.24, 2.45) is 17.8 Å². The van der Waals surface area contributed by atoms with Crippen LogP contribution in [0.3, 0.4) is 0 Å². The summed E-state index contributed by atoms with van der Waals surface area (Å²) < 4.78 is 0. The SMILES string of the molecule is Cc1ccc(NC(=O)[C@H](C(C)C)N2C(=O)[C@@H]3[C@@H](C2=O)C2(Cl)c4ccccc4C3(Cl)c3ccccc32)cc1[N+](=O)[O-]. The number of carbonyl (C=O) groups excluding carboxylic acids is 3. The number of nitrogens with zero attached hydrogens (tertiary/aromatic N) is 2. The summed E-state index contributed by atoms with van der Waals surface area (Å²) in [4.78, 5) is 51.5. The van der Waals surface area contributed by atoms with Gasteiger partial charge in [0, 0.05) is 17.3 Å². The molecule has 10 heteroatoms. The predicted octanol–water partition coefficient (Wildman–Crippen LogP) is 5.46. The van der Waals surface area contributed by atoms with E-state index < -0.39 is 56.2 Å². The van der Waals surface area contributed by atoms with E-state index in [4.69, 9.17) is 23.2 Å². The number of halogens is 2. The molecule has 1 aliphatic heterocycles. The van der Waals surface area contributed by atoms with Crippen LogP contribution >= 0.6 is 23.2 Å². The molecule has 7 rings (SSSR count). The van der Waals surface area contributed by atoms with Crippen molar-refractivity contribution in [2.75, 3.05) is 5.32 Å². The fourth-order valence-electron chi connectivity index (χ4n) is 6.78. The molecular formula is C30H25Cl2N3O5. The van der Waals surface area contributed by atoms with Crippen LogP contribution < -0.4 is 5.32 Å². The first kappa shape index (κ1) is 26.5. The minimum absolute atomic E-state index is 0.154. The van der Waals surface area contributed by atoms with Gasteiger partial charge in [0.25, 0.3) is 5.69 Å². The Labute approximate surface area is 240 Å². The summed E-state index contributed by atoms with van der Waals surface area (Å²) in [7, 11) is 0. The van der Waals surface area contributed by atoms with Gasteiger partial charge in [-0.3, -0.25) is 29.4 Å². The molecule has 1 N–H and O–H groups in total. The lowest BCUT2D eigenvalue weighted by Crippen LogP contribution is -2.57. The number of aryl methyl sites for hydroxylation is 1. The van der Waals surface area contributed by atoms with Gasteiger partial charge in [0.05, 0.1) is 16.8 Å². The Bertz CT molecular complexity index is 1520. The van der Waals surface area contributed by atoms with E-state index in [-0.39, 0.29) is 11.4 Å². The van der Waals surface area contributed by atoms with Crippen molar-refractivity contribution in [3.63, 3.8) is 0 Å². The van der Waals surface area contributed by atoms with Crippen molar-refractivity contribution in [1.29, 1.82) is 0 Å². The largest absolute Gasteiger partial charge is 0.324 e. The average molecular weight is 578 g/mol. The molecular weight excluding hydrogens is 553 g/mol. The van der Waals surface area contributed by atoms with Crippen molar-refractivity contribution in [3.05, 3.63) is 105 Å². The lowest BCUT2D eigenvalue weighted by molar-refractivity contribution is -0.385. The van der Waals surface area contributed by atoms with Gasteiger partial charge in [-0.25, -0.2) is 0 Å². The van der Waals surface area contributed by atoms with Gasteiger partial charge in [0.2, 0.25) is 17.7 Å². The third-order valence-corrected chi connectivity index (χ3v) is 9.76. The number of hydrogen-bond donors (Lipinski definition) is 1. The summed E-state index contributed by atoms with van der Waals surface area (Å²) in [5, 5.41) is 14.1. The van der Waals surface area contributed by atoms with Crippen LogP contribution in [0.1, 0.15) is 41.7 Å². The van der Waals surface area contributed by atoms with Crippen LogP contribution in [0.2, 0.25) is 0 Å². The first-order chi connectivity index (χ1) is 18.9. The molecule has 40 heavy (non-hydrogen) atoms. The van der Waals surface area contributed by atoms with E-state index in [9.17, 15) is 24.5 Å². The molecule has 1 fully saturated rings. The Hall–Kier alpha value is -3.75. The smallest absolute Gasteiger partial charge is 0.274 e. The Morgan fingerprint density at radius 1 is 0.900 bits per heavy atom. The quantitative estimate of drug-likeness (QED) is 0.187. The normalized spacial score (nSPS) is 26.8. The Kier molecular flexibility index (Phi) is 5.87. The fourth-order valence-corrected chi connectivity index (χ4v) is 7.88. The van der Waals surface area contributed by atoms with E-state index in [1.807, 2.05) is 48.5 Å². The molecule has 204 valence electrons. The van der Waals surface area contributed by atoms with Gasteiger partial charge >= 0.3 is 0 Å². The van der Waals surface area contributed by atoms with E-state index in [0.29, 0.717) is 27.8 Å². The molecule has 3 aromatic rings. The standard InChI is InChI=1S/C30H25Cl2N3O5/c1-15(2)25(26(36)33-17-13-12-16(3)22(14-17)35(39)40)34-27(37)23-24(28(34)38)30(32)19-9-5-4-8-18(19)29(23,31)20-10-6-7-11-21(20)30/h4-15,23-25H,1-3H3,(H,33,36)/t23-,24-,25-,29?,30?/m0/s1. The number of alkyl halides is 2. The van der Waals surface area contributed by atoms with E-state index in [2.05, 4.69) is 5.32 Å². The Morgan fingerprint density at radius 2 is 1.35 bits per heavy atom. The number of carbonyl (C=O) groups is 3. The maximum Gasteiger partial charge on any atom is 0.274 e. The van der Waals surface area contributed by atoms with Gasteiger partial charge in [-0.2, -0.15) is 0 Å². The van der Waals surface area contributed by atoms with Gasteiger partial charge in [-0.15, -0.1) is 23.2 Å². The first-order valence-electron chi connectivity index (χ1n) is 12.9. The highest BCUT2D eigenvalue weighted by Gasteiger charge is 2.73. The topological polar surface area (TPSA) is 110 Å². The number of nitrogens with one attached hydrogen (secondary N) is 1. The molecule has 3 amide bonds. The predicted molar refractivity (Wildman–Crippen MR) is 150 cm³/mol. The van der Waals surface area contributed by atoms with Gasteiger partial charge in [-0.05, 0) is 41.2 Å². The molecule has 8 nitrogen and oxygen atoms in total. The number of amides is 3. The molecule has 4 aliphatic rings. The minimum atomic E-state index is -1.36. The monoisotopic (exact) mass is 577 g/mol. The van der Waals surface area contributed by atoms with Crippen LogP contribution in [0.4, 0.5) is 11.4 Å². The van der Waals surface area contributed by atoms with Crippen molar-refractivity contribution in [2.45, 2.75) is 36.6 Å². The lowest BCUT2D eigenvalue weighted by atomic mass is 9.54. The van der Waals surface area contributed by atoms with Crippen molar-refractivity contribution < 1.29 is 19.3 Å². The summed E-state index contributed by atoms with van der Waals surface area (Å²) in [5.41, 5.74) is 3.16. The fraction of sp³-hybridized carbons (Fsp3) is 0.300. The summed E-state index contributed by atoms with van der Waals surface area (Å²) in [6.07, 6.45) is 0. The molecule has 0 aromatic heterocycles. The van der Waals surface area contributed by atoms with Gasteiger partial charge in [0.1, 0.15) is 15.8 Å². The number of hydrogen-bond acceptors (Lipinski definition) is 5. The summed E-state index contributed by atoms with van der Waals surface area (Å²) in [6, 6.07) is 17.8. The number of nitro benzene ring substituents is 1. The van der Waals surface area contributed by atoms with Crippen LogP contribution in [0.5, 0.6) is 0 Å². The zero-order valence-corrected chi connectivity index (χ0v) is 23.4. The number of benzene rings is 3. The number of likely N-dealkylation sites (tertiary alicyclic amines) is 1. The molecule has 1 heterocycles. The molecule has 3 atom stereocenters.